The van der Waals surface area contributed by atoms with E-state index in [-0.39, 0.29) is 35.6 Å². The molecule has 5 rings (SSSR count). The standard InChI is InChI=1S/C27H29N7O4/c1-18-15-32(25(36)19-7-5-4-6-8-19)13-14-34(18)21-11-9-20(10-12-21)29-22(35)16-33-17-28-24-23(33)26(37)31(3)27(38)30(24)2/h4-12,17-18H,13-16H2,1-3H3,(H,29,35)/t18-/m0/s1. The molecule has 2 amide bonds. The summed E-state index contributed by atoms with van der Waals surface area (Å²) in [7, 11) is 2.93. The van der Waals surface area contributed by atoms with Gasteiger partial charge in [-0.3, -0.25) is 23.5 Å². The van der Waals surface area contributed by atoms with E-state index in [2.05, 4.69) is 22.1 Å². The van der Waals surface area contributed by atoms with E-state index >= 15 is 0 Å². The largest absolute Gasteiger partial charge is 0.365 e. The van der Waals surface area contributed by atoms with Gasteiger partial charge in [-0.2, -0.15) is 0 Å². The molecule has 2 aromatic carbocycles. The summed E-state index contributed by atoms with van der Waals surface area (Å²) in [5.41, 5.74) is 1.77. The molecule has 196 valence electrons. The van der Waals surface area contributed by atoms with Crippen LogP contribution in [0.2, 0.25) is 0 Å². The van der Waals surface area contributed by atoms with Gasteiger partial charge in [-0.1, -0.05) is 18.2 Å². The number of piperazine rings is 1. The van der Waals surface area contributed by atoms with Gasteiger partial charge < -0.3 is 19.7 Å². The number of hydrogen-bond donors (Lipinski definition) is 1. The molecule has 1 saturated heterocycles. The van der Waals surface area contributed by atoms with Crippen LogP contribution in [0.4, 0.5) is 11.4 Å². The van der Waals surface area contributed by atoms with Gasteiger partial charge in [0.15, 0.2) is 11.2 Å². The lowest BCUT2D eigenvalue weighted by Gasteiger charge is -2.41. The lowest BCUT2D eigenvalue weighted by molar-refractivity contribution is -0.116. The van der Waals surface area contributed by atoms with Crippen LogP contribution in [0, 0.1) is 0 Å². The number of rotatable bonds is 5. The van der Waals surface area contributed by atoms with E-state index in [0.29, 0.717) is 30.9 Å². The number of imidazole rings is 1. The van der Waals surface area contributed by atoms with E-state index in [1.807, 2.05) is 59.5 Å². The van der Waals surface area contributed by atoms with Crippen molar-refractivity contribution in [2.75, 3.05) is 29.9 Å². The van der Waals surface area contributed by atoms with Gasteiger partial charge in [0.25, 0.3) is 11.5 Å². The minimum atomic E-state index is -0.502. The van der Waals surface area contributed by atoms with Gasteiger partial charge in [-0.05, 0) is 43.3 Å². The van der Waals surface area contributed by atoms with Crippen molar-refractivity contribution in [2.24, 2.45) is 14.1 Å². The van der Waals surface area contributed by atoms with E-state index in [4.69, 9.17) is 0 Å². The zero-order chi connectivity index (χ0) is 27.0. The fourth-order valence-electron chi connectivity index (χ4n) is 4.90. The fourth-order valence-corrected chi connectivity index (χ4v) is 4.90. The predicted octanol–water partition coefficient (Wildman–Crippen LogP) is 1.42. The molecule has 3 heterocycles. The Morgan fingerprint density at radius 1 is 0.974 bits per heavy atom. The van der Waals surface area contributed by atoms with Gasteiger partial charge in [0.1, 0.15) is 6.54 Å². The molecule has 4 aromatic rings. The van der Waals surface area contributed by atoms with Crippen LogP contribution in [0.25, 0.3) is 11.2 Å². The maximum atomic E-state index is 12.8. The summed E-state index contributed by atoms with van der Waals surface area (Å²) in [6.45, 7) is 3.92. The number of aromatic nitrogens is 4. The van der Waals surface area contributed by atoms with Crippen molar-refractivity contribution >= 4 is 34.4 Å². The minimum Gasteiger partial charge on any atom is -0.365 e. The summed E-state index contributed by atoms with van der Waals surface area (Å²) in [6, 6.07) is 17.0. The minimum absolute atomic E-state index is 0.0425. The van der Waals surface area contributed by atoms with Crippen molar-refractivity contribution < 1.29 is 9.59 Å². The molecule has 0 spiro atoms. The van der Waals surface area contributed by atoms with Crippen molar-refractivity contribution in [3.8, 4) is 0 Å². The summed E-state index contributed by atoms with van der Waals surface area (Å²) in [5, 5.41) is 2.85. The molecule has 11 heteroatoms. The lowest BCUT2D eigenvalue weighted by Crippen LogP contribution is -2.53. The lowest BCUT2D eigenvalue weighted by atomic mass is 10.1. The van der Waals surface area contributed by atoms with E-state index in [9.17, 15) is 19.2 Å². The van der Waals surface area contributed by atoms with Crippen LogP contribution in [-0.2, 0) is 25.4 Å². The number of carbonyl (C=O) groups is 2. The smallest absolute Gasteiger partial charge is 0.332 e. The highest BCUT2D eigenvalue weighted by Gasteiger charge is 2.27. The molecule has 0 aliphatic carbocycles. The Balaban J connectivity index is 1.23. The molecule has 1 fully saturated rings. The topological polar surface area (TPSA) is 114 Å². The number of carbonyl (C=O) groups excluding carboxylic acids is 2. The maximum absolute atomic E-state index is 12.8. The second kappa shape index (κ2) is 10.0. The van der Waals surface area contributed by atoms with Crippen LogP contribution in [-0.4, -0.2) is 61.1 Å². The van der Waals surface area contributed by atoms with Crippen molar-refractivity contribution in [1.29, 1.82) is 0 Å². The fraction of sp³-hybridized carbons (Fsp3) is 0.296. The Morgan fingerprint density at radius 3 is 2.37 bits per heavy atom. The van der Waals surface area contributed by atoms with Crippen molar-refractivity contribution in [1.82, 2.24) is 23.6 Å². The zero-order valence-electron chi connectivity index (χ0n) is 21.5. The quantitative estimate of drug-likeness (QED) is 0.430. The van der Waals surface area contributed by atoms with Crippen molar-refractivity contribution in [3.63, 3.8) is 0 Å². The van der Waals surface area contributed by atoms with Crippen LogP contribution >= 0.6 is 0 Å². The Kier molecular flexibility index (Phi) is 6.58. The van der Waals surface area contributed by atoms with Gasteiger partial charge >= 0.3 is 5.69 Å². The average molecular weight is 516 g/mol. The number of anilines is 2. The normalized spacial score (nSPS) is 15.6. The van der Waals surface area contributed by atoms with Gasteiger partial charge in [-0.15, -0.1) is 0 Å². The number of benzene rings is 2. The molecule has 38 heavy (non-hydrogen) atoms. The number of nitrogens with one attached hydrogen (secondary N) is 1. The summed E-state index contributed by atoms with van der Waals surface area (Å²) in [5.74, 6) is -0.282. The third-order valence-corrected chi connectivity index (χ3v) is 6.95. The van der Waals surface area contributed by atoms with Crippen LogP contribution in [0.5, 0.6) is 0 Å². The molecule has 0 radical (unpaired) electrons. The highest BCUT2D eigenvalue weighted by molar-refractivity contribution is 5.94. The third kappa shape index (κ3) is 4.58. The Bertz CT molecular complexity index is 1620. The molecular weight excluding hydrogens is 486 g/mol. The maximum Gasteiger partial charge on any atom is 0.332 e. The molecule has 0 bridgehead atoms. The molecule has 1 aliphatic heterocycles. The molecule has 0 saturated carbocycles. The van der Waals surface area contributed by atoms with E-state index < -0.39 is 11.2 Å². The molecule has 1 atom stereocenters. The first-order valence-corrected chi connectivity index (χ1v) is 12.4. The predicted molar refractivity (Wildman–Crippen MR) is 144 cm³/mol. The van der Waals surface area contributed by atoms with Crippen molar-refractivity contribution in [3.05, 3.63) is 87.3 Å². The number of aryl methyl sites for hydroxylation is 1. The van der Waals surface area contributed by atoms with Gasteiger partial charge in [0.05, 0.1) is 6.33 Å². The van der Waals surface area contributed by atoms with Crippen LogP contribution in [0.3, 0.4) is 0 Å². The van der Waals surface area contributed by atoms with Gasteiger partial charge in [-0.25, -0.2) is 9.78 Å². The van der Waals surface area contributed by atoms with Gasteiger partial charge in [0.2, 0.25) is 5.91 Å². The van der Waals surface area contributed by atoms with E-state index in [0.717, 1.165) is 10.3 Å². The van der Waals surface area contributed by atoms with Crippen molar-refractivity contribution in [2.45, 2.75) is 19.5 Å². The second-order valence-corrected chi connectivity index (χ2v) is 9.51. The van der Waals surface area contributed by atoms with E-state index in [1.165, 1.54) is 29.6 Å². The Morgan fingerprint density at radius 2 is 1.68 bits per heavy atom. The summed E-state index contributed by atoms with van der Waals surface area (Å²) in [6.07, 6.45) is 1.39. The average Bonchev–Trinajstić information content (AvgIpc) is 3.34. The molecule has 0 unspecified atom stereocenters. The zero-order valence-corrected chi connectivity index (χ0v) is 21.5. The summed E-state index contributed by atoms with van der Waals surface area (Å²) < 4.78 is 3.72. The first-order valence-electron chi connectivity index (χ1n) is 12.4. The molecule has 11 nitrogen and oxygen atoms in total. The number of fused-ring (bicyclic) bond motifs is 1. The molecule has 2 aromatic heterocycles. The monoisotopic (exact) mass is 515 g/mol. The molecule has 1 aliphatic rings. The number of nitrogens with zero attached hydrogens (tertiary/aromatic N) is 6. The molecule has 1 N–H and O–H groups in total. The van der Waals surface area contributed by atoms with Gasteiger partial charge in [0, 0.05) is 56.7 Å². The molecular formula is C27H29N7O4. The second-order valence-electron chi connectivity index (χ2n) is 9.51. The first kappa shape index (κ1) is 25.0. The van der Waals surface area contributed by atoms with Crippen LogP contribution < -0.4 is 21.5 Å². The highest BCUT2D eigenvalue weighted by atomic mass is 16.2. The third-order valence-electron chi connectivity index (χ3n) is 6.95. The van der Waals surface area contributed by atoms with E-state index in [1.54, 1.807) is 0 Å². The number of amides is 2. The summed E-state index contributed by atoms with van der Waals surface area (Å²) in [4.78, 5) is 58.6. The Hall–Kier alpha value is -4.67. The van der Waals surface area contributed by atoms with Crippen LogP contribution in [0.15, 0.2) is 70.5 Å². The SMILES string of the molecule is C[C@H]1CN(C(=O)c2ccccc2)CCN1c1ccc(NC(=O)Cn2cnc3c2c(=O)n(C)c(=O)n3C)cc1. The highest BCUT2D eigenvalue weighted by Crippen LogP contribution is 2.23. The Labute approximate surface area is 218 Å². The van der Waals surface area contributed by atoms with Crippen LogP contribution in [0.1, 0.15) is 17.3 Å². The summed E-state index contributed by atoms with van der Waals surface area (Å²) >= 11 is 0. The first-order chi connectivity index (χ1) is 18.2. The number of hydrogen-bond acceptors (Lipinski definition) is 6.